The summed E-state index contributed by atoms with van der Waals surface area (Å²) in [6, 6.07) is 0. The maximum atomic E-state index is 11.6. The average Bonchev–Trinajstić information content (AvgIpc) is 2.62. The van der Waals surface area contributed by atoms with Gasteiger partial charge in [-0.05, 0) is 80.5 Å². The maximum Gasteiger partial charge on any atom is 0.220 e. The van der Waals surface area contributed by atoms with Crippen molar-refractivity contribution >= 4 is 35.8 Å². The first-order valence-electron chi connectivity index (χ1n) is 10.8. The van der Waals surface area contributed by atoms with Crippen LogP contribution in [0.5, 0.6) is 0 Å². The zero-order valence-corrected chi connectivity index (χ0v) is 19.3. The fraction of sp³-hybridized carbons (Fsp3) is 0.905. The van der Waals surface area contributed by atoms with Crippen molar-refractivity contribution in [2.24, 2.45) is 34.1 Å². The molecule has 0 aromatic carbocycles. The summed E-state index contributed by atoms with van der Waals surface area (Å²) in [6.07, 6.45) is 11.7. The van der Waals surface area contributed by atoms with E-state index >= 15 is 0 Å². The van der Waals surface area contributed by atoms with E-state index in [1.807, 2.05) is 7.05 Å². The van der Waals surface area contributed by atoms with Crippen molar-refractivity contribution in [2.75, 3.05) is 33.7 Å². The number of guanidine groups is 1. The van der Waals surface area contributed by atoms with E-state index in [4.69, 9.17) is 0 Å². The van der Waals surface area contributed by atoms with Gasteiger partial charge in [-0.2, -0.15) is 0 Å². The molecule has 4 saturated carbocycles. The molecule has 0 aromatic heterocycles. The van der Waals surface area contributed by atoms with Crippen LogP contribution in [0.4, 0.5) is 0 Å². The van der Waals surface area contributed by atoms with E-state index in [0.29, 0.717) is 17.8 Å². The van der Waals surface area contributed by atoms with Crippen molar-refractivity contribution in [2.45, 2.75) is 57.8 Å². The molecular formula is C21H37IN4O. The van der Waals surface area contributed by atoms with Crippen LogP contribution in [0.1, 0.15) is 57.8 Å². The first-order chi connectivity index (χ1) is 12.6. The number of hydrogen-bond acceptors (Lipinski definition) is 2. The number of aliphatic imine (C=N–C) groups is 1. The Balaban J connectivity index is 0.00000210. The third-order valence-electron chi connectivity index (χ3n) is 7.67. The molecule has 4 aliphatic carbocycles. The van der Waals surface area contributed by atoms with E-state index in [1.165, 1.54) is 38.5 Å². The topological polar surface area (TPSA) is 56.7 Å². The fourth-order valence-corrected chi connectivity index (χ4v) is 6.82. The zero-order valence-electron chi connectivity index (χ0n) is 17.0. The van der Waals surface area contributed by atoms with Gasteiger partial charge in [0, 0.05) is 40.2 Å². The lowest BCUT2D eigenvalue weighted by Gasteiger charge is -2.57. The van der Waals surface area contributed by atoms with Crippen LogP contribution in [0.2, 0.25) is 0 Å². The number of amides is 1. The summed E-state index contributed by atoms with van der Waals surface area (Å²) in [5.74, 6) is 4.79. The smallest absolute Gasteiger partial charge is 0.220 e. The van der Waals surface area contributed by atoms with Gasteiger partial charge in [0.25, 0.3) is 0 Å². The molecule has 0 aromatic rings. The molecule has 0 atom stereocenters. The molecule has 1 amide bonds. The summed E-state index contributed by atoms with van der Waals surface area (Å²) in [5, 5.41) is 6.51. The van der Waals surface area contributed by atoms with E-state index in [-0.39, 0.29) is 29.9 Å². The van der Waals surface area contributed by atoms with Crippen LogP contribution in [0.15, 0.2) is 4.99 Å². The van der Waals surface area contributed by atoms with Crippen LogP contribution in [-0.4, -0.2) is 50.5 Å². The number of rotatable bonds is 4. The monoisotopic (exact) mass is 488 g/mol. The number of carbonyl (C=O) groups excluding carboxylic acids is 1. The largest absolute Gasteiger partial charge is 0.359 e. The lowest BCUT2D eigenvalue weighted by atomic mass is 9.49. The predicted octanol–water partition coefficient (Wildman–Crippen LogP) is 3.24. The lowest BCUT2D eigenvalue weighted by molar-refractivity contribution is -0.121. The Bertz CT molecular complexity index is 521. The normalized spacial score (nSPS) is 35.7. The van der Waals surface area contributed by atoms with Gasteiger partial charge < -0.3 is 15.5 Å². The number of piperidine rings is 1. The fourth-order valence-electron chi connectivity index (χ4n) is 6.82. The van der Waals surface area contributed by atoms with Gasteiger partial charge in [0.1, 0.15) is 0 Å². The summed E-state index contributed by atoms with van der Waals surface area (Å²) in [4.78, 5) is 18.6. The molecule has 1 heterocycles. The quantitative estimate of drug-likeness (QED) is 0.363. The van der Waals surface area contributed by atoms with Crippen LogP contribution < -0.4 is 10.6 Å². The molecule has 27 heavy (non-hydrogen) atoms. The summed E-state index contributed by atoms with van der Waals surface area (Å²) in [5.41, 5.74) is 0.544. The molecule has 0 spiro atoms. The van der Waals surface area contributed by atoms with Crippen LogP contribution in [0.3, 0.4) is 0 Å². The maximum absolute atomic E-state index is 11.6. The van der Waals surface area contributed by atoms with E-state index in [1.54, 1.807) is 7.05 Å². The van der Waals surface area contributed by atoms with Gasteiger partial charge in [0.15, 0.2) is 5.96 Å². The van der Waals surface area contributed by atoms with Gasteiger partial charge in [-0.25, -0.2) is 0 Å². The molecule has 1 aliphatic heterocycles. The second-order valence-electron chi connectivity index (χ2n) is 9.63. The number of hydrogen-bond donors (Lipinski definition) is 2. The molecule has 0 radical (unpaired) electrons. The minimum Gasteiger partial charge on any atom is -0.359 e. The minimum atomic E-state index is 0. The molecule has 1 saturated heterocycles. The van der Waals surface area contributed by atoms with Gasteiger partial charge in [-0.15, -0.1) is 24.0 Å². The van der Waals surface area contributed by atoms with E-state index in [9.17, 15) is 4.79 Å². The standard InChI is InChI=1S/C21H36N4O.HI/c1-22-19(26)10-15-3-5-25(6-4-15)20(23-2)24-14-21-11-16-7-17(12-21)9-18(8-16)13-21;/h15-18H,3-14H2,1-2H3,(H,22,26)(H,23,24);1H. The van der Waals surface area contributed by atoms with Crippen molar-refractivity contribution in [3.8, 4) is 0 Å². The Labute approximate surface area is 181 Å². The number of carbonyl (C=O) groups is 1. The summed E-state index contributed by atoms with van der Waals surface area (Å²) in [7, 11) is 3.65. The third kappa shape index (κ3) is 4.73. The average molecular weight is 488 g/mol. The highest BCUT2D eigenvalue weighted by Crippen LogP contribution is 2.59. The van der Waals surface area contributed by atoms with Crippen molar-refractivity contribution in [3.63, 3.8) is 0 Å². The molecule has 2 N–H and O–H groups in total. The van der Waals surface area contributed by atoms with Gasteiger partial charge in [-0.1, -0.05) is 0 Å². The van der Waals surface area contributed by atoms with Gasteiger partial charge in [0.2, 0.25) is 5.91 Å². The van der Waals surface area contributed by atoms with Crippen molar-refractivity contribution in [1.82, 2.24) is 15.5 Å². The van der Waals surface area contributed by atoms with Crippen LogP contribution in [0.25, 0.3) is 0 Å². The minimum absolute atomic E-state index is 0. The molecule has 6 heteroatoms. The Morgan fingerprint density at radius 1 is 1.07 bits per heavy atom. The second-order valence-corrected chi connectivity index (χ2v) is 9.63. The molecular weight excluding hydrogens is 451 g/mol. The number of nitrogens with zero attached hydrogens (tertiary/aromatic N) is 2. The molecule has 5 aliphatic rings. The van der Waals surface area contributed by atoms with Crippen molar-refractivity contribution in [1.29, 1.82) is 0 Å². The molecule has 5 nitrogen and oxygen atoms in total. The predicted molar refractivity (Wildman–Crippen MR) is 120 cm³/mol. The second kappa shape index (κ2) is 8.87. The van der Waals surface area contributed by atoms with Gasteiger partial charge >= 0.3 is 0 Å². The zero-order chi connectivity index (χ0) is 18.1. The molecule has 5 rings (SSSR count). The first-order valence-corrected chi connectivity index (χ1v) is 10.8. The highest BCUT2D eigenvalue weighted by molar-refractivity contribution is 14.0. The Kier molecular flexibility index (Phi) is 6.96. The summed E-state index contributed by atoms with van der Waals surface area (Å²) in [6.45, 7) is 3.14. The third-order valence-corrected chi connectivity index (χ3v) is 7.67. The molecule has 5 fully saturated rings. The molecule has 4 bridgehead atoms. The van der Waals surface area contributed by atoms with E-state index in [0.717, 1.165) is 56.2 Å². The van der Waals surface area contributed by atoms with Crippen molar-refractivity contribution in [3.05, 3.63) is 0 Å². The van der Waals surface area contributed by atoms with Gasteiger partial charge in [0.05, 0.1) is 0 Å². The highest BCUT2D eigenvalue weighted by Gasteiger charge is 2.50. The Morgan fingerprint density at radius 3 is 2.11 bits per heavy atom. The Morgan fingerprint density at radius 2 is 1.63 bits per heavy atom. The Hall–Kier alpha value is -0.530. The van der Waals surface area contributed by atoms with Gasteiger partial charge in [-0.3, -0.25) is 9.79 Å². The number of halogens is 1. The number of nitrogens with one attached hydrogen (secondary N) is 2. The van der Waals surface area contributed by atoms with E-state index in [2.05, 4.69) is 20.5 Å². The molecule has 0 unspecified atom stereocenters. The van der Waals surface area contributed by atoms with Crippen LogP contribution in [0, 0.1) is 29.1 Å². The molecule has 154 valence electrons. The summed E-state index contributed by atoms with van der Waals surface area (Å²) >= 11 is 0. The SMILES string of the molecule is CN=C(NCC12CC3CC(CC(C3)C1)C2)N1CCC(CC(=O)NC)CC1.I. The number of likely N-dealkylation sites (tertiary alicyclic amines) is 1. The highest BCUT2D eigenvalue weighted by atomic mass is 127. The summed E-state index contributed by atoms with van der Waals surface area (Å²) < 4.78 is 0. The first kappa shape index (κ1) is 21.2. The van der Waals surface area contributed by atoms with E-state index < -0.39 is 0 Å². The van der Waals surface area contributed by atoms with Crippen LogP contribution >= 0.6 is 24.0 Å². The van der Waals surface area contributed by atoms with Crippen LogP contribution in [-0.2, 0) is 4.79 Å². The lowest BCUT2D eigenvalue weighted by Crippen LogP contribution is -2.54. The van der Waals surface area contributed by atoms with Crippen molar-refractivity contribution < 1.29 is 4.79 Å².